The van der Waals surface area contributed by atoms with Crippen LogP contribution in [0, 0.1) is 0 Å². The van der Waals surface area contributed by atoms with Crippen LogP contribution in [0.3, 0.4) is 0 Å². The quantitative estimate of drug-likeness (QED) is 0.550. The van der Waals surface area contributed by atoms with Gasteiger partial charge in [-0.05, 0) is 51.3 Å². The maximum Gasteiger partial charge on any atom is 0.165 e. The first-order valence-electron chi connectivity index (χ1n) is 5.96. The number of unbranched alkanes of at least 4 members (excludes halogenated alkanes) is 1. The molecular formula is C14H22O2. The van der Waals surface area contributed by atoms with Gasteiger partial charge in [-0.2, -0.15) is 4.89 Å². The van der Waals surface area contributed by atoms with Gasteiger partial charge in [0.15, 0.2) is 5.75 Å². The Balaban J connectivity index is 2.45. The van der Waals surface area contributed by atoms with Gasteiger partial charge >= 0.3 is 0 Å². The highest BCUT2D eigenvalue weighted by Crippen LogP contribution is 2.17. The van der Waals surface area contributed by atoms with Crippen LogP contribution in [0.25, 0.3) is 0 Å². The summed E-state index contributed by atoms with van der Waals surface area (Å²) in [5, 5.41) is 0. The Morgan fingerprint density at radius 3 is 2.19 bits per heavy atom. The first kappa shape index (κ1) is 13.0. The van der Waals surface area contributed by atoms with Crippen molar-refractivity contribution in [1.29, 1.82) is 0 Å². The third-order valence-corrected chi connectivity index (χ3v) is 2.13. The highest BCUT2D eigenvalue weighted by molar-refractivity contribution is 5.26. The van der Waals surface area contributed by atoms with E-state index in [2.05, 4.69) is 19.1 Å². The van der Waals surface area contributed by atoms with E-state index >= 15 is 0 Å². The van der Waals surface area contributed by atoms with E-state index in [4.69, 9.17) is 9.78 Å². The summed E-state index contributed by atoms with van der Waals surface area (Å²) in [6.07, 6.45) is 3.60. The zero-order valence-electron chi connectivity index (χ0n) is 10.7. The van der Waals surface area contributed by atoms with Crippen LogP contribution >= 0.6 is 0 Å². The van der Waals surface area contributed by atoms with E-state index in [1.165, 1.54) is 18.4 Å². The van der Waals surface area contributed by atoms with Gasteiger partial charge in [-0.25, -0.2) is 0 Å². The van der Waals surface area contributed by atoms with Crippen molar-refractivity contribution in [3.05, 3.63) is 29.8 Å². The summed E-state index contributed by atoms with van der Waals surface area (Å²) in [5.41, 5.74) is 1.07. The van der Waals surface area contributed by atoms with Crippen LogP contribution in [-0.2, 0) is 11.3 Å². The van der Waals surface area contributed by atoms with Crippen molar-refractivity contribution < 1.29 is 9.78 Å². The molecule has 16 heavy (non-hydrogen) atoms. The lowest BCUT2D eigenvalue weighted by molar-refractivity contribution is -0.274. The molecular weight excluding hydrogens is 200 g/mol. The Bertz CT molecular complexity index is 296. The second-order valence-corrected chi connectivity index (χ2v) is 5.03. The van der Waals surface area contributed by atoms with Gasteiger partial charge in [-0.3, -0.25) is 0 Å². The molecule has 2 nitrogen and oxygen atoms in total. The van der Waals surface area contributed by atoms with E-state index < -0.39 is 0 Å². The molecule has 0 heterocycles. The predicted molar refractivity (Wildman–Crippen MR) is 66.5 cm³/mol. The van der Waals surface area contributed by atoms with Crippen LogP contribution in [-0.4, -0.2) is 5.60 Å². The molecule has 0 radical (unpaired) electrons. The maximum atomic E-state index is 5.24. The molecule has 1 aromatic carbocycles. The molecule has 0 N–H and O–H groups in total. The second-order valence-electron chi connectivity index (χ2n) is 5.03. The largest absolute Gasteiger partial charge is 0.337 e. The molecule has 1 aromatic rings. The minimum Gasteiger partial charge on any atom is -0.337 e. The van der Waals surface area contributed by atoms with E-state index in [9.17, 15) is 0 Å². The van der Waals surface area contributed by atoms with Crippen LogP contribution in [0.2, 0.25) is 0 Å². The molecule has 1 rings (SSSR count). The number of hydrogen-bond acceptors (Lipinski definition) is 2. The maximum absolute atomic E-state index is 5.24. The van der Waals surface area contributed by atoms with Crippen LogP contribution in [0.15, 0.2) is 24.3 Å². The summed E-state index contributed by atoms with van der Waals surface area (Å²) in [5.74, 6) is 0.759. The Morgan fingerprint density at radius 2 is 1.69 bits per heavy atom. The zero-order valence-corrected chi connectivity index (χ0v) is 10.7. The van der Waals surface area contributed by atoms with E-state index in [0.29, 0.717) is 0 Å². The third kappa shape index (κ3) is 5.17. The van der Waals surface area contributed by atoms with Gasteiger partial charge in [0.25, 0.3) is 0 Å². The highest BCUT2D eigenvalue weighted by Gasteiger charge is 2.12. The summed E-state index contributed by atoms with van der Waals surface area (Å²) >= 11 is 0. The lowest BCUT2D eigenvalue weighted by Gasteiger charge is -2.17. The lowest BCUT2D eigenvalue weighted by Crippen LogP contribution is -2.21. The fourth-order valence-corrected chi connectivity index (χ4v) is 1.27. The van der Waals surface area contributed by atoms with Crippen molar-refractivity contribution in [2.75, 3.05) is 0 Å². The van der Waals surface area contributed by atoms with E-state index in [1.807, 2.05) is 32.9 Å². The second kappa shape index (κ2) is 5.90. The average molecular weight is 222 g/mol. The van der Waals surface area contributed by atoms with Gasteiger partial charge in [0.05, 0.1) is 0 Å². The molecule has 0 aromatic heterocycles. The smallest absolute Gasteiger partial charge is 0.165 e. The topological polar surface area (TPSA) is 18.5 Å². The minimum absolute atomic E-state index is 0.277. The Labute approximate surface area is 98.5 Å². The number of rotatable bonds is 5. The SMILES string of the molecule is CCCCc1ccc(OOC(C)(C)C)cc1. The van der Waals surface area contributed by atoms with Gasteiger partial charge < -0.3 is 4.89 Å². The summed E-state index contributed by atoms with van der Waals surface area (Å²) < 4.78 is 0. The standard InChI is InChI=1S/C14H22O2/c1-5-6-7-12-8-10-13(11-9-12)15-16-14(2,3)4/h8-11H,5-7H2,1-4H3. The Kier molecular flexibility index (Phi) is 4.81. The molecule has 0 fully saturated rings. The Morgan fingerprint density at radius 1 is 1.06 bits per heavy atom. The minimum atomic E-state index is -0.277. The molecule has 2 heteroatoms. The van der Waals surface area contributed by atoms with E-state index in [1.54, 1.807) is 0 Å². The summed E-state index contributed by atoms with van der Waals surface area (Å²) in [6.45, 7) is 8.09. The van der Waals surface area contributed by atoms with E-state index in [0.717, 1.165) is 12.2 Å². The molecule has 0 unspecified atom stereocenters. The van der Waals surface area contributed by atoms with Crippen molar-refractivity contribution in [2.24, 2.45) is 0 Å². The van der Waals surface area contributed by atoms with Crippen molar-refractivity contribution in [3.63, 3.8) is 0 Å². The normalized spacial score (nSPS) is 11.5. The summed E-state index contributed by atoms with van der Waals surface area (Å²) in [4.78, 5) is 10.5. The summed E-state index contributed by atoms with van der Waals surface area (Å²) in [6, 6.07) is 8.10. The van der Waals surface area contributed by atoms with Crippen LogP contribution in [0.1, 0.15) is 46.1 Å². The number of hydrogen-bond donors (Lipinski definition) is 0. The molecule has 90 valence electrons. The highest BCUT2D eigenvalue weighted by atomic mass is 17.2. The van der Waals surface area contributed by atoms with Crippen molar-refractivity contribution >= 4 is 0 Å². The van der Waals surface area contributed by atoms with Crippen LogP contribution in [0.5, 0.6) is 5.75 Å². The fraction of sp³-hybridized carbons (Fsp3) is 0.571. The fourth-order valence-electron chi connectivity index (χ4n) is 1.27. The molecule has 0 bridgehead atoms. The molecule has 0 spiro atoms. The van der Waals surface area contributed by atoms with Gasteiger partial charge in [-0.15, -0.1) is 0 Å². The molecule has 0 atom stereocenters. The number of benzene rings is 1. The van der Waals surface area contributed by atoms with Gasteiger partial charge in [-0.1, -0.05) is 25.5 Å². The Hall–Kier alpha value is -1.02. The average Bonchev–Trinajstić information content (AvgIpc) is 2.24. The lowest BCUT2D eigenvalue weighted by atomic mass is 10.1. The molecule has 0 aliphatic carbocycles. The van der Waals surface area contributed by atoms with Crippen molar-refractivity contribution in [1.82, 2.24) is 0 Å². The zero-order chi connectivity index (χ0) is 12.0. The van der Waals surface area contributed by atoms with Gasteiger partial charge in [0.1, 0.15) is 5.60 Å². The van der Waals surface area contributed by atoms with Gasteiger partial charge in [0.2, 0.25) is 0 Å². The first-order valence-corrected chi connectivity index (χ1v) is 5.96. The molecule has 0 saturated heterocycles. The summed E-state index contributed by atoms with van der Waals surface area (Å²) in [7, 11) is 0. The van der Waals surface area contributed by atoms with Gasteiger partial charge in [0, 0.05) is 0 Å². The third-order valence-electron chi connectivity index (χ3n) is 2.13. The molecule has 0 aliphatic heterocycles. The van der Waals surface area contributed by atoms with E-state index in [-0.39, 0.29) is 5.60 Å². The van der Waals surface area contributed by atoms with Crippen molar-refractivity contribution in [2.45, 2.75) is 52.6 Å². The monoisotopic (exact) mass is 222 g/mol. The van der Waals surface area contributed by atoms with Crippen LogP contribution in [0.4, 0.5) is 0 Å². The number of aryl methyl sites for hydroxylation is 1. The first-order chi connectivity index (χ1) is 7.51. The molecule has 0 saturated carbocycles. The van der Waals surface area contributed by atoms with Crippen LogP contribution < -0.4 is 4.89 Å². The van der Waals surface area contributed by atoms with Crippen molar-refractivity contribution in [3.8, 4) is 5.75 Å². The predicted octanol–water partition coefficient (Wildman–Crippen LogP) is 4.14. The molecule has 0 aliphatic rings. The molecule has 0 amide bonds.